The Bertz CT molecular complexity index is 948. The number of aromatic hydroxyl groups is 1. The van der Waals surface area contributed by atoms with Gasteiger partial charge in [0.15, 0.2) is 5.54 Å². The van der Waals surface area contributed by atoms with Gasteiger partial charge in [-0.1, -0.05) is 48.0 Å². The first-order valence-corrected chi connectivity index (χ1v) is 11.3. The number of unbranched alkanes of at least 4 members (excludes halogenated alkanes) is 1. The number of hydrogen-bond donors (Lipinski definition) is 3. The molecule has 6 nitrogen and oxygen atoms in total. The van der Waals surface area contributed by atoms with Gasteiger partial charge in [-0.2, -0.15) is 0 Å². The summed E-state index contributed by atoms with van der Waals surface area (Å²) in [6, 6.07) is 14.2. The number of rotatable bonds is 9. The van der Waals surface area contributed by atoms with Crippen LogP contribution in [-0.2, 0) is 10.3 Å². The lowest BCUT2D eigenvalue weighted by atomic mass is 9.78. The maximum absolute atomic E-state index is 13.7. The third kappa shape index (κ3) is 4.41. The number of nitrogens with two attached hydrogens (primary N) is 1. The van der Waals surface area contributed by atoms with E-state index in [-0.39, 0.29) is 11.7 Å². The van der Waals surface area contributed by atoms with Crippen molar-refractivity contribution in [2.24, 2.45) is 16.6 Å². The molecule has 31 heavy (non-hydrogen) atoms. The van der Waals surface area contributed by atoms with E-state index in [1.165, 1.54) is 18.9 Å². The summed E-state index contributed by atoms with van der Waals surface area (Å²) in [4.78, 5) is 20.7. The monoisotopic (exact) mass is 440 g/mol. The summed E-state index contributed by atoms with van der Waals surface area (Å²) >= 11 is 6.11. The molecule has 0 saturated heterocycles. The van der Waals surface area contributed by atoms with Crippen molar-refractivity contribution >= 4 is 23.8 Å². The molecule has 0 aromatic heterocycles. The van der Waals surface area contributed by atoms with Crippen LogP contribution in [-0.4, -0.2) is 41.9 Å². The van der Waals surface area contributed by atoms with E-state index in [0.717, 1.165) is 24.9 Å². The van der Waals surface area contributed by atoms with E-state index in [0.29, 0.717) is 29.6 Å². The number of halogens is 1. The van der Waals surface area contributed by atoms with Gasteiger partial charge in [-0.25, -0.2) is 0 Å². The minimum atomic E-state index is -1.20. The summed E-state index contributed by atoms with van der Waals surface area (Å²) in [5.74, 6) is 0.479. The molecule has 0 radical (unpaired) electrons. The van der Waals surface area contributed by atoms with Crippen molar-refractivity contribution < 1.29 is 9.90 Å². The second kappa shape index (κ2) is 9.28. The number of carbonyl (C=O) groups is 1. The number of phenolic OH excluding ortho intramolecular Hbond substituents is 1. The summed E-state index contributed by atoms with van der Waals surface area (Å²) in [6.07, 6.45) is 5.78. The molecule has 2 atom stereocenters. The Balaban J connectivity index is 1.78. The maximum Gasteiger partial charge on any atom is 0.255 e. The Kier molecular flexibility index (Phi) is 6.49. The molecule has 1 fully saturated rings. The average Bonchev–Trinajstić information content (AvgIpc) is 3.51. The van der Waals surface area contributed by atoms with Crippen molar-refractivity contribution in [1.29, 1.82) is 0 Å². The van der Waals surface area contributed by atoms with E-state index in [1.54, 1.807) is 18.5 Å². The third-order valence-corrected chi connectivity index (χ3v) is 6.30. The van der Waals surface area contributed by atoms with Crippen molar-refractivity contribution in [2.45, 2.75) is 37.3 Å². The van der Waals surface area contributed by atoms with Crippen LogP contribution >= 0.6 is 11.6 Å². The molecule has 1 amide bonds. The molecule has 4 rings (SSSR count). The SMILES string of the molecule is NCCCCNC(=O)[C@]1(c2ccccc2)N=CN(CC2CC2)[C@H]1c1ccc(Cl)cc1O. The van der Waals surface area contributed by atoms with Gasteiger partial charge in [0.2, 0.25) is 0 Å². The van der Waals surface area contributed by atoms with E-state index in [9.17, 15) is 9.90 Å². The predicted octanol–water partition coefficient (Wildman–Crippen LogP) is 3.59. The smallest absolute Gasteiger partial charge is 0.255 e. The average molecular weight is 441 g/mol. The fourth-order valence-electron chi connectivity index (χ4n) is 4.29. The lowest BCUT2D eigenvalue weighted by Gasteiger charge is -2.37. The quantitative estimate of drug-likeness (QED) is 0.519. The van der Waals surface area contributed by atoms with Crippen LogP contribution in [0, 0.1) is 5.92 Å². The first-order valence-electron chi connectivity index (χ1n) is 10.9. The highest BCUT2D eigenvalue weighted by molar-refractivity contribution is 6.30. The topological polar surface area (TPSA) is 90.9 Å². The molecule has 1 heterocycles. The van der Waals surface area contributed by atoms with Crippen molar-refractivity contribution in [3.8, 4) is 5.75 Å². The number of phenols is 1. The molecule has 2 aromatic carbocycles. The highest BCUT2D eigenvalue weighted by atomic mass is 35.5. The number of benzene rings is 2. The van der Waals surface area contributed by atoms with Crippen LogP contribution < -0.4 is 11.1 Å². The molecule has 1 aliphatic carbocycles. The molecule has 2 aromatic rings. The zero-order chi connectivity index (χ0) is 21.8. The molecular weight excluding hydrogens is 412 g/mol. The molecule has 0 spiro atoms. The van der Waals surface area contributed by atoms with Crippen LogP contribution in [0.15, 0.2) is 53.5 Å². The molecule has 0 bridgehead atoms. The van der Waals surface area contributed by atoms with Crippen molar-refractivity contribution in [2.75, 3.05) is 19.6 Å². The summed E-state index contributed by atoms with van der Waals surface area (Å²) in [6.45, 7) is 1.92. The van der Waals surface area contributed by atoms with E-state index >= 15 is 0 Å². The number of aliphatic imine (C=N–C) groups is 1. The first-order chi connectivity index (χ1) is 15.1. The zero-order valence-corrected chi connectivity index (χ0v) is 18.3. The van der Waals surface area contributed by atoms with Crippen LogP contribution in [0.25, 0.3) is 0 Å². The fraction of sp³-hybridized carbons (Fsp3) is 0.417. The minimum Gasteiger partial charge on any atom is -0.508 e. The Morgan fingerprint density at radius 3 is 2.68 bits per heavy atom. The second-order valence-corrected chi connectivity index (χ2v) is 8.81. The molecule has 1 aliphatic heterocycles. The molecule has 2 aliphatic rings. The fourth-order valence-corrected chi connectivity index (χ4v) is 4.46. The Morgan fingerprint density at radius 1 is 1.23 bits per heavy atom. The van der Waals surface area contributed by atoms with E-state index in [1.807, 2.05) is 30.3 Å². The van der Waals surface area contributed by atoms with E-state index in [2.05, 4.69) is 10.2 Å². The van der Waals surface area contributed by atoms with Crippen LogP contribution in [0.2, 0.25) is 5.02 Å². The standard InChI is InChI=1S/C24H29ClN4O2/c25-19-10-11-20(21(30)14-19)22-24(18-6-2-1-3-7-18,23(31)27-13-5-4-12-26)28-16-29(22)15-17-8-9-17/h1-3,6-7,10-11,14,16-17,22,30H,4-5,8-9,12-13,15,26H2,(H,27,31)/t22-,24+/m0/s1. The van der Waals surface area contributed by atoms with Crippen molar-refractivity contribution in [3.05, 3.63) is 64.7 Å². The third-order valence-electron chi connectivity index (χ3n) is 6.07. The van der Waals surface area contributed by atoms with Gasteiger partial charge in [-0.15, -0.1) is 0 Å². The highest BCUT2D eigenvalue weighted by Gasteiger charge is 2.54. The first kappa shape index (κ1) is 21.7. The van der Waals surface area contributed by atoms with Gasteiger partial charge in [0.25, 0.3) is 5.91 Å². The number of carbonyl (C=O) groups excluding carboxylic acids is 1. The second-order valence-electron chi connectivity index (χ2n) is 8.37. The van der Waals surface area contributed by atoms with Gasteiger partial charge in [0.1, 0.15) is 5.75 Å². The zero-order valence-electron chi connectivity index (χ0n) is 17.5. The summed E-state index contributed by atoms with van der Waals surface area (Å²) in [5, 5.41) is 14.3. The normalized spacial score (nSPS) is 22.6. The van der Waals surface area contributed by atoms with Gasteiger partial charge >= 0.3 is 0 Å². The van der Waals surface area contributed by atoms with Gasteiger partial charge in [-0.3, -0.25) is 9.79 Å². The minimum absolute atomic E-state index is 0.0695. The lowest BCUT2D eigenvalue weighted by Crippen LogP contribution is -2.49. The lowest BCUT2D eigenvalue weighted by molar-refractivity contribution is -0.128. The molecule has 164 valence electrons. The summed E-state index contributed by atoms with van der Waals surface area (Å²) < 4.78 is 0. The number of nitrogens with zero attached hydrogens (tertiary/aromatic N) is 2. The van der Waals surface area contributed by atoms with Gasteiger partial charge in [0, 0.05) is 23.7 Å². The van der Waals surface area contributed by atoms with Crippen molar-refractivity contribution in [3.63, 3.8) is 0 Å². The Labute approximate surface area is 188 Å². The maximum atomic E-state index is 13.7. The number of nitrogens with one attached hydrogen (secondary N) is 1. The molecule has 4 N–H and O–H groups in total. The molecular formula is C24H29ClN4O2. The number of amides is 1. The summed E-state index contributed by atoms with van der Waals surface area (Å²) in [5.41, 5.74) is 5.83. The highest BCUT2D eigenvalue weighted by Crippen LogP contribution is 2.49. The van der Waals surface area contributed by atoms with Gasteiger partial charge in [-0.05, 0) is 55.8 Å². The van der Waals surface area contributed by atoms with Crippen molar-refractivity contribution in [1.82, 2.24) is 10.2 Å². The summed E-state index contributed by atoms with van der Waals surface area (Å²) in [7, 11) is 0. The van der Waals surface area contributed by atoms with E-state index < -0.39 is 11.6 Å². The van der Waals surface area contributed by atoms with Crippen LogP contribution in [0.5, 0.6) is 5.75 Å². The molecule has 1 saturated carbocycles. The van der Waals surface area contributed by atoms with Crippen LogP contribution in [0.1, 0.15) is 42.9 Å². The largest absolute Gasteiger partial charge is 0.508 e. The Morgan fingerprint density at radius 2 is 2.00 bits per heavy atom. The predicted molar refractivity (Wildman–Crippen MR) is 123 cm³/mol. The molecule has 0 unspecified atom stereocenters. The van der Waals surface area contributed by atoms with E-state index in [4.69, 9.17) is 22.3 Å². The van der Waals surface area contributed by atoms with Gasteiger partial charge in [0.05, 0.1) is 12.4 Å². The van der Waals surface area contributed by atoms with Crippen LogP contribution in [0.3, 0.4) is 0 Å². The molecule has 7 heteroatoms. The Hall–Kier alpha value is -2.57. The van der Waals surface area contributed by atoms with Gasteiger partial charge < -0.3 is 21.1 Å². The van der Waals surface area contributed by atoms with Crippen LogP contribution in [0.4, 0.5) is 0 Å². The number of hydrogen-bond acceptors (Lipinski definition) is 5.